The summed E-state index contributed by atoms with van der Waals surface area (Å²) in [7, 11) is 0. The molecule has 5 heteroatoms. The smallest absolute Gasteiger partial charge is 0.256 e. The van der Waals surface area contributed by atoms with Crippen molar-refractivity contribution >= 4 is 33.2 Å². The lowest BCUT2D eigenvalue weighted by Gasteiger charge is -2.24. The van der Waals surface area contributed by atoms with Gasteiger partial charge in [-0.15, -0.1) is 0 Å². The molecule has 4 nitrogen and oxygen atoms in total. The number of carbonyl (C=O) groups is 1. The SMILES string of the molecule is C=C(Br)/C=C(\C(=C)C#N)c1ccc(CN2C(=O)C3(CCCC3)N=C2C(C)C)cc1. The van der Waals surface area contributed by atoms with Crippen molar-refractivity contribution in [1.82, 2.24) is 4.90 Å². The Labute approximate surface area is 181 Å². The molecular formula is C24H26BrN3O. The van der Waals surface area contributed by atoms with Crippen LogP contribution in [0.15, 0.2) is 58.5 Å². The van der Waals surface area contributed by atoms with E-state index in [0.29, 0.717) is 16.6 Å². The normalized spacial score (nSPS) is 18.3. The van der Waals surface area contributed by atoms with Crippen molar-refractivity contribution in [3.8, 4) is 6.07 Å². The largest absolute Gasteiger partial charge is 0.294 e. The lowest BCUT2D eigenvalue weighted by Crippen LogP contribution is -2.41. The van der Waals surface area contributed by atoms with Crippen LogP contribution < -0.4 is 0 Å². The van der Waals surface area contributed by atoms with Crippen LogP contribution >= 0.6 is 15.9 Å². The molecule has 1 aliphatic heterocycles. The van der Waals surface area contributed by atoms with E-state index < -0.39 is 5.54 Å². The number of amidine groups is 1. The highest BCUT2D eigenvalue weighted by Crippen LogP contribution is 2.40. The Balaban J connectivity index is 1.85. The zero-order valence-electron chi connectivity index (χ0n) is 17.0. The Kier molecular flexibility index (Phi) is 6.24. The number of amides is 1. The van der Waals surface area contributed by atoms with Gasteiger partial charge in [0.15, 0.2) is 0 Å². The van der Waals surface area contributed by atoms with Gasteiger partial charge in [0.1, 0.15) is 11.4 Å². The number of nitriles is 1. The topological polar surface area (TPSA) is 56.5 Å². The van der Waals surface area contributed by atoms with Crippen molar-refractivity contribution in [2.24, 2.45) is 10.9 Å². The fraction of sp³-hybridized carbons (Fsp3) is 0.375. The summed E-state index contributed by atoms with van der Waals surface area (Å²) in [6, 6.07) is 10.0. The van der Waals surface area contributed by atoms with Gasteiger partial charge in [0.05, 0.1) is 18.2 Å². The van der Waals surface area contributed by atoms with Crippen LogP contribution in [0.4, 0.5) is 0 Å². The molecule has 0 unspecified atom stereocenters. The van der Waals surface area contributed by atoms with Gasteiger partial charge in [0.2, 0.25) is 0 Å². The van der Waals surface area contributed by atoms with Crippen LogP contribution in [0.3, 0.4) is 0 Å². The Morgan fingerprint density at radius 2 is 1.93 bits per heavy atom. The van der Waals surface area contributed by atoms with Crippen molar-refractivity contribution in [2.45, 2.75) is 51.6 Å². The molecule has 0 atom stereocenters. The number of nitrogens with zero attached hydrogens (tertiary/aromatic N) is 3. The molecule has 2 aliphatic rings. The van der Waals surface area contributed by atoms with Gasteiger partial charge in [0.25, 0.3) is 5.91 Å². The highest BCUT2D eigenvalue weighted by Gasteiger charge is 2.49. The van der Waals surface area contributed by atoms with Crippen molar-refractivity contribution < 1.29 is 4.79 Å². The summed E-state index contributed by atoms with van der Waals surface area (Å²) >= 11 is 3.32. The van der Waals surface area contributed by atoms with Crippen molar-refractivity contribution in [1.29, 1.82) is 5.26 Å². The molecule has 1 fully saturated rings. The number of benzene rings is 1. The first-order chi connectivity index (χ1) is 13.8. The van der Waals surface area contributed by atoms with Crippen LogP contribution in [0.1, 0.15) is 50.7 Å². The molecule has 1 saturated carbocycles. The maximum Gasteiger partial charge on any atom is 0.256 e. The predicted octanol–water partition coefficient (Wildman–Crippen LogP) is 5.77. The third-order valence-corrected chi connectivity index (χ3v) is 5.79. The van der Waals surface area contributed by atoms with Gasteiger partial charge >= 0.3 is 0 Å². The molecular weight excluding hydrogens is 426 g/mol. The Morgan fingerprint density at radius 1 is 1.31 bits per heavy atom. The van der Waals surface area contributed by atoms with E-state index in [9.17, 15) is 10.1 Å². The molecule has 1 aliphatic carbocycles. The molecule has 0 bridgehead atoms. The highest BCUT2D eigenvalue weighted by atomic mass is 79.9. The molecule has 150 valence electrons. The summed E-state index contributed by atoms with van der Waals surface area (Å²) in [5.41, 5.74) is 2.51. The van der Waals surface area contributed by atoms with Gasteiger partial charge in [-0.25, -0.2) is 0 Å². The number of halogens is 1. The van der Waals surface area contributed by atoms with E-state index >= 15 is 0 Å². The first kappa shape index (κ1) is 21.3. The molecule has 0 N–H and O–H groups in total. The second-order valence-corrected chi connectivity index (χ2v) is 9.07. The van der Waals surface area contributed by atoms with E-state index in [4.69, 9.17) is 4.99 Å². The van der Waals surface area contributed by atoms with E-state index in [1.54, 1.807) is 6.08 Å². The molecule has 0 radical (unpaired) electrons. The summed E-state index contributed by atoms with van der Waals surface area (Å²) in [5.74, 6) is 1.25. The van der Waals surface area contributed by atoms with Crippen LogP contribution in [0.25, 0.3) is 5.57 Å². The summed E-state index contributed by atoms with van der Waals surface area (Å²) in [4.78, 5) is 20.0. The monoisotopic (exact) mass is 451 g/mol. The molecule has 1 amide bonds. The second-order valence-electron chi connectivity index (χ2n) is 8.05. The number of aliphatic imine (C=N–C) groups is 1. The minimum atomic E-state index is -0.518. The molecule has 0 aromatic heterocycles. The first-order valence-corrected chi connectivity index (χ1v) is 10.7. The first-order valence-electron chi connectivity index (χ1n) is 9.94. The molecule has 1 heterocycles. The van der Waals surface area contributed by atoms with E-state index in [-0.39, 0.29) is 11.8 Å². The molecule has 1 spiro atoms. The maximum absolute atomic E-state index is 13.2. The average Bonchev–Trinajstić information content (AvgIpc) is 3.27. The summed E-state index contributed by atoms with van der Waals surface area (Å²) < 4.78 is 0.676. The quantitative estimate of drug-likeness (QED) is 0.407. The number of rotatable bonds is 6. The number of hydrogen-bond donors (Lipinski definition) is 0. The second kappa shape index (κ2) is 8.51. The molecule has 1 aromatic rings. The van der Waals surface area contributed by atoms with Crippen LogP contribution in [0, 0.1) is 17.2 Å². The fourth-order valence-electron chi connectivity index (χ4n) is 4.10. The minimum absolute atomic E-state index is 0.150. The van der Waals surface area contributed by atoms with Gasteiger partial charge in [-0.3, -0.25) is 14.7 Å². The van der Waals surface area contributed by atoms with Crippen molar-refractivity contribution in [3.05, 3.63) is 64.7 Å². The van der Waals surface area contributed by atoms with Crippen LogP contribution in [0.2, 0.25) is 0 Å². The van der Waals surface area contributed by atoms with E-state index in [1.807, 2.05) is 29.2 Å². The standard InChI is InChI=1S/C24H26BrN3O/c1-16(2)22-27-24(11-5-6-12-24)23(29)28(22)15-19-7-9-20(10-8-19)21(13-18(4)25)17(3)14-26/h7-10,13,16H,3-6,11-12,15H2,1-2H3/b21-13+. The van der Waals surface area contributed by atoms with Crippen LogP contribution in [-0.4, -0.2) is 22.2 Å². The molecule has 3 rings (SSSR count). The number of hydrogen-bond acceptors (Lipinski definition) is 3. The molecule has 29 heavy (non-hydrogen) atoms. The Bertz CT molecular complexity index is 941. The van der Waals surface area contributed by atoms with Crippen LogP contribution in [-0.2, 0) is 11.3 Å². The van der Waals surface area contributed by atoms with Gasteiger partial charge in [0, 0.05) is 10.4 Å². The van der Waals surface area contributed by atoms with Gasteiger partial charge in [-0.05, 0) is 35.6 Å². The number of allylic oxidation sites excluding steroid dienone is 4. The van der Waals surface area contributed by atoms with Crippen LogP contribution in [0.5, 0.6) is 0 Å². The zero-order chi connectivity index (χ0) is 21.2. The summed E-state index contributed by atoms with van der Waals surface area (Å²) in [5, 5.41) is 9.24. The Hall–Kier alpha value is -2.45. The average molecular weight is 452 g/mol. The zero-order valence-corrected chi connectivity index (χ0v) is 18.6. The predicted molar refractivity (Wildman–Crippen MR) is 121 cm³/mol. The molecule has 0 saturated heterocycles. The number of carbonyl (C=O) groups excluding carboxylic acids is 1. The van der Waals surface area contributed by atoms with E-state index in [1.165, 1.54) is 0 Å². The fourth-order valence-corrected chi connectivity index (χ4v) is 4.32. The summed E-state index contributed by atoms with van der Waals surface area (Å²) in [6.45, 7) is 12.3. The minimum Gasteiger partial charge on any atom is -0.294 e. The highest BCUT2D eigenvalue weighted by molar-refractivity contribution is 9.11. The van der Waals surface area contributed by atoms with Gasteiger partial charge in [-0.1, -0.05) is 80.0 Å². The van der Waals surface area contributed by atoms with E-state index in [0.717, 1.165) is 48.2 Å². The van der Waals surface area contributed by atoms with E-state index in [2.05, 4.69) is 49.0 Å². The Morgan fingerprint density at radius 3 is 2.45 bits per heavy atom. The molecule has 1 aromatic carbocycles. The lowest BCUT2D eigenvalue weighted by molar-refractivity contribution is -0.131. The third-order valence-electron chi connectivity index (χ3n) is 5.56. The van der Waals surface area contributed by atoms with Crippen molar-refractivity contribution in [2.75, 3.05) is 0 Å². The third kappa shape index (κ3) is 4.28. The van der Waals surface area contributed by atoms with Gasteiger partial charge < -0.3 is 0 Å². The lowest BCUT2D eigenvalue weighted by atomic mass is 9.97. The summed E-state index contributed by atoms with van der Waals surface area (Å²) in [6.07, 6.45) is 5.65. The maximum atomic E-state index is 13.2. The van der Waals surface area contributed by atoms with Crippen molar-refractivity contribution in [3.63, 3.8) is 0 Å². The van der Waals surface area contributed by atoms with Gasteiger partial charge in [-0.2, -0.15) is 5.26 Å².